The van der Waals surface area contributed by atoms with E-state index in [-0.39, 0.29) is 30.2 Å². The number of halogens is 3. The van der Waals surface area contributed by atoms with Crippen LogP contribution < -0.4 is 5.32 Å². The first-order valence-corrected chi connectivity index (χ1v) is 9.95. The summed E-state index contributed by atoms with van der Waals surface area (Å²) < 4.78 is 46.8. The van der Waals surface area contributed by atoms with E-state index in [9.17, 15) is 18.0 Å². The Kier molecular flexibility index (Phi) is 6.12. The lowest BCUT2D eigenvalue weighted by atomic mass is 9.98. The van der Waals surface area contributed by atoms with Crippen molar-refractivity contribution >= 4 is 35.0 Å². The SMILES string of the molecule is O=C(O)CCN=Cc1ccc2oc(Nc3ccc(-c4ccccc4)c(C(F)(F)F)c3)nc2c1. The number of anilines is 2. The minimum atomic E-state index is -4.54. The number of benzene rings is 3. The first-order chi connectivity index (χ1) is 15.8. The third-order valence-electron chi connectivity index (χ3n) is 4.77. The van der Waals surface area contributed by atoms with E-state index in [2.05, 4.69) is 15.3 Å². The molecule has 0 bridgehead atoms. The number of aromatic nitrogens is 1. The summed E-state index contributed by atoms with van der Waals surface area (Å²) in [4.78, 5) is 18.9. The molecule has 3 aromatic carbocycles. The summed E-state index contributed by atoms with van der Waals surface area (Å²) in [6.45, 7) is 0.152. The van der Waals surface area contributed by atoms with Gasteiger partial charge in [-0.25, -0.2) is 0 Å². The number of alkyl halides is 3. The largest absolute Gasteiger partial charge is 0.481 e. The summed E-state index contributed by atoms with van der Waals surface area (Å²) >= 11 is 0. The maximum Gasteiger partial charge on any atom is 0.417 e. The number of hydrogen-bond acceptors (Lipinski definition) is 5. The highest BCUT2D eigenvalue weighted by atomic mass is 19.4. The van der Waals surface area contributed by atoms with Crippen molar-refractivity contribution in [1.82, 2.24) is 4.98 Å². The van der Waals surface area contributed by atoms with E-state index in [1.165, 1.54) is 18.3 Å². The van der Waals surface area contributed by atoms with Gasteiger partial charge in [0.1, 0.15) is 5.52 Å². The summed E-state index contributed by atoms with van der Waals surface area (Å²) in [6.07, 6.45) is -3.08. The summed E-state index contributed by atoms with van der Waals surface area (Å²) in [5, 5.41) is 11.4. The van der Waals surface area contributed by atoms with E-state index in [1.54, 1.807) is 48.5 Å². The van der Waals surface area contributed by atoms with Crippen LogP contribution in [-0.4, -0.2) is 28.8 Å². The van der Waals surface area contributed by atoms with Gasteiger partial charge in [-0.2, -0.15) is 18.2 Å². The molecule has 0 radical (unpaired) electrons. The average Bonchev–Trinajstić information content (AvgIpc) is 3.18. The van der Waals surface area contributed by atoms with E-state index in [0.717, 1.165) is 6.07 Å². The molecule has 4 rings (SSSR count). The monoisotopic (exact) mass is 453 g/mol. The van der Waals surface area contributed by atoms with Crippen molar-refractivity contribution in [3.63, 3.8) is 0 Å². The fourth-order valence-corrected chi connectivity index (χ4v) is 3.26. The Morgan fingerprint density at radius 2 is 1.88 bits per heavy atom. The number of nitrogens with one attached hydrogen (secondary N) is 1. The molecule has 1 heterocycles. The fraction of sp³-hybridized carbons (Fsp3) is 0.125. The Bertz CT molecular complexity index is 1320. The average molecular weight is 453 g/mol. The van der Waals surface area contributed by atoms with Gasteiger partial charge in [0.2, 0.25) is 0 Å². The predicted molar refractivity (Wildman–Crippen MR) is 119 cm³/mol. The van der Waals surface area contributed by atoms with Crippen LogP contribution in [0.4, 0.5) is 24.9 Å². The van der Waals surface area contributed by atoms with Crippen molar-refractivity contribution in [3.05, 3.63) is 77.9 Å². The molecule has 2 N–H and O–H groups in total. The number of rotatable bonds is 7. The van der Waals surface area contributed by atoms with E-state index in [4.69, 9.17) is 9.52 Å². The highest BCUT2D eigenvalue weighted by molar-refractivity contribution is 5.87. The Balaban J connectivity index is 1.58. The second-order valence-electron chi connectivity index (χ2n) is 7.17. The van der Waals surface area contributed by atoms with Crippen molar-refractivity contribution in [3.8, 4) is 11.1 Å². The van der Waals surface area contributed by atoms with Crippen LogP contribution in [0.5, 0.6) is 0 Å². The van der Waals surface area contributed by atoms with Gasteiger partial charge in [-0.1, -0.05) is 36.4 Å². The lowest BCUT2D eigenvalue weighted by Crippen LogP contribution is -2.08. The zero-order chi connectivity index (χ0) is 23.4. The quantitative estimate of drug-likeness (QED) is 0.328. The first-order valence-electron chi connectivity index (χ1n) is 9.95. The number of nitrogens with zero attached hydrogens (tertiary/aromatic N) is 2. The molecule has 0 unspecified atom stereocenters. The number of carboxylic acids is 1. The molecular weight excluding hydrogens is 435 g/mol. The fourth-order valence-electron chi connectivity index (χ4n) is 3.26. The van der Waals surface area contributed by atoms with Gasteiger partial charge in [0.15, 0.2) is 5.58 Å². The van der Waals surface area contributed by atoms with Crippen LogP contribution in [0.25, 0.3) is 22.2 Å². The van der Waals surface area contributed by atoms with Crippen molar-refractivity contribution in [1.29, 1.82) is 0 Å². The molecule has 0 aliphatic rings. The molecule has 6 nitrogen and oxygen atoms in total. The predicted octanol–water partition coefficient (Wildman–Crippen LogP) is 6.15. The van der Waals surface area contributed by atoms with Crippen LogP contribution in [0.3, 0.4) is 0 Å². The minimum Gasteiger partial charge on any atom is -0.481 e. The zero-order valence-corrected chi connectivity index (χ0v) is 17.1. The highest BCUT2D eigenvalue weighted by Crippen LogP contribution is 2.39. The number of carboxylic acid groups (broad SMARTS) is 1. The van der Waals surface area contributed by atoms with E-state index in [0.29, 0.717) is 22.2 Å². The van der Waals surface area contributed by atoms with Gasteiger partial charge < -0.3 is 14.8 Å². The molecular formula is C24H18F3N3O3. The third kappa shape index (κ3) is 5.38. The summed E-state index contributed by atoms with van der Waals surface area (Å²) in [6, 6.07) is 17.5. The molecule has 0 amide bonds. The molecule has 0 aliphatic heterocycles. The molecule has 9 heteroatoms. The van der Waals surface area contributed by atoms with E-state index < -0.39 is 17.7 Å². The Morgan fingerprint density at radius 3 is 2.61 bits per heavy atom. The van der Waals surface area contributed by atoms with Crippen molar-refractivity contribution in [2.45, 2.75) is 12.6 Å². The standard InChI is InChI=1S/C24H18F3N3O3/c25-24(26,27)19-13-17(7-8-18(19)16-4-2-1-3-5-16)29-23-30-20-12-15(6-9-21(20)33-23)14-28-11-10-22(31)32/h1-9,12-14H,10-11H2,(H,29,30)(H,31,32). The minimum absolute atomic E-state index is 0.0468. The van der Waals surface area contributed by atoms with Gasteiger partial charge in [-0.3, -0.25) is 9.79 Å². The second-order valence-corrected chi connectivity index (χ2v) is 7.17. The van der Waals surface area contributed by atoms with Gasteiger partial charge in [0, 0.05) is 18.4 Å². The zero-order valence-electron chi connectivity index (χ0n) is 17.1. The number of hydrogen-bond donors (Lipinski definition) is 2. The molecule has 0 fully saturated rings. The number of oxazole rings is 1. The van der Waals surface area contributed by atoms with Crippen LogP contribution in [0.15, 0.2) is 76.1 Å². The summed E-state index contributed by atoms with van der Waals surface area (Å²) in [7, 11) is 0. The lowest BCUT2D eigenvalue weighted by Gasteiger charge is -2.15. The number of aliphatic imine (C=N–C) groups is 1. The number of carbonyl (C=O) groups is 1. The van der Waals surface area contributed by atoms with Crippen molar-refractivity contribution in [2.24, 2.45) is 4.99 Å². The summed E-state index contributed by atoms with van der Waals surface area (Å²) in [5.41, 5.74) is 1.58. The molecule has 1 aromatic heterocycles. The molecule has 0 saturated heterocycles. The van der Waals surface area contributed by atoms with Gasteiger partial charge in [0.25, 0.3) is 6.01 Å². The molecule has 0 atom stereocenters. The molecule has 0 spiro atoms. The van der Waals surface area contributed by atoms with Gasteiger partial charge >= 0.3 is 12.1 Å². The van der Waals surface area contributed by atoms with Crippen molar-refractivity contribution in [2.75, 3.05) is 11.9 Å². The maximum absolute atomic E-state index is 13.7. The van der Waals surface area contributed by atoms with Gasteiger partial charge in [-0.05, 0) is 47.0 Å². The van der Waals surface area contributed by atoms with Crippen LogP contribution in [0.2, 0.25) is 0 Å². The maximum atomic E-state index is 13.7. The second kappa shape index (κ2) is 9.15. The lowest BCUT2D eigenvalue weighted by molar-refractivity contribution is -0.137. The third-order valence-corrected chi connectivity index (χ3v) is 4.77. The summed E-state index contributed by atoms with van der Waals surface area (Å²) in [5.74, 6) is -0.930. The van der Waals surface area contributed by atoms with E-state index >= 15 is 0 Å². The van der Waals surface area contributed by atoms with Gasteiger partial charge in [0.05, 0.1) is 12.0 Å². The smallest absolute Gasteiger partial charge is 0.417 e. The molecule has 33 heavy (non-hydrogen) atoms. The molecule has 0 aliphatic carbocycles. The van der Waals surface area contributed by atoms with Gasteiger partial charge in [-0.15, -0.1) is 0 Å². The van der Waals surface area contributed by atoms with Crippen molar-refractivity contribution < 1.29 is 27.5 Å². The highest BCUT2D eigenvalue weighted by Gasteiger charge is 2.34. The molecule has 168 valence electrons. The number of aliphatic carboxylic acids is 1. The van der Waals surface area contributed by atoms with Crippen LogP contribution in [0.1, 0.15) is 17.5 Å². The Morgan fingerprint density at radius 1 is 1.09 bits per heavy atom. The normalized spacial score (nSPS) is 11.8. The molecule has 0 saturated carbocycles. The number of fused-ring (bicyclic) bond motifs is 1. The Hall–Kier alpha value is -4.14. The topological polar surface area (TPSA) is 87.7 Å². The van der Waals surface area contributed by atoms with E-state index in [1.807, 2.05) is 0 Å². The van der Waals surface area contributed by atoms with Crippen LogP contribution >= 0.6 is 0 Å². The Labute approximate surface area is 186 Å². The van der Waals surface area contributed by atoms with Crippen LogP contribution in [0, 0.1) is 0 Å². The first kappa shape index (κ1) is 22.1. The molecule has 4 aromatic rings. The van der Waals surface area contributed by atoms with Crippen LogP contribution in [-0.2, 0) is 11.0 Å².